The Morgan fingerprint density at radius 3 is 2.31 bits per heavy atom. The Morgan fingerprint density at radius 1 is 0.969 bits per heavy atom. The molecule has 0 heterocycles. The summed E-state index contributed by atoms with van der Waals surface area (Å²) in [6.45, 7) is 13.4. The maximum Gasteiger partial charge on any atom is 0.188 e. The summed E-state index contributed by atoms with van der Waals surface area (Å²) in [5.74, 6) is 2.01. The second kappa shape index (κ2) is 7.78. The number of hydrogen-bond donors (Lipinski definition) is 3. The highest BCUT2D eigenvalue weighted by molar-refractivity contribution is 6.00. The van der Waals surface area contributed by atoms with Crippen LogP contribution in [0.4, 0.5) is 0 Å². The van der Waals surface area contributed by atoms with Crippen LogP contribution in [0.25, 0.3) is 0 Å². The summed E-state index contributed by atoms with van der Waals surface area (Å²) in [4.78, 5) is 13.3. The topological polar surface area (TPSA) is 77.8 Å². The van der Waals surface area contributed by atoms with Crippen LogP contribution in [-0.4, -0.2) is 38.4 Å². The number of rotatable bonds is 4. The second-order valence-corrected chi connectivity index (χ2v) is 12.5. The SMILES string of the molecule is CC(C)C(C)/C=C\C(C)C1CCC2C3=CC(=O)C4(O)CC(O)CCC4(C)C3(O)CCC21C. The third-order valence-corrected chi connectivity index (χ3v) is 10.7. The molecular weight excluding hydrogens is 400 g/mol. The van der Waals surface area contributed by atoms with Crippen LogP contribution in [0.3, 0.4) is 0 Å². The number of aliphatic hydroxyl groups is 3. The first-order valence-electron chi connectivity index (χ1n) is 12.9. The Labute approximate surface area is 194 Å². The molecule has 0 radical (unpaired) electrons. The van der Waals surface area contributed by atoms with Crippen LogP contribution in [0.15, 0.2) is 23.8 Å². The molecule has 4 heteroatoms. The van der Waals surface area contributed by atoms with E-state index in [-0.39, 0.29) is 23.5 Å². The van der Waals surface area contributed by atoms with Gasteiger partial charge < -0.3 is 15.3 Å². The molecular formula is C28H44O4. The van der Waals surface area contributed by atoms with Gasteiger partial charge in [-0.15, -0.1) is 0 Å². The van der Waals surface area contributed by atoms with E-state index in [1.807, 2.05) is 6.92 Å². The fourth-order valence-electron chi connectivity index (χ4n) is 7.91. The summed E-state index contributed by atoms with van der Waals surface area (Å²) in [6.07, 6.45) is 10.2. The van der Waals surface area contributed by atoms with Crippen LogP contribution in [0, 0.1) is 40.4 Å². The molecule has 32 heavy (non-hydrogen) atoms. The Balaban J connectivity index is 1.67. The van der Waals surface area contributed by atoms with E-state index in [0.29, 0.717) is 42.9 Å². The molecule has 9 unspecified atom stereocenters. The molecule has 4 aliphatic carbocycles. The highest BCUT2D eigenvalue weighted by atomic mass is 16.3. The number of allylic oxidation sites excluding steroid dienone is 2. The normalized spacial score (nSPS) is 48.2. The number of carbonyl (C=O) groups excluding carboxylic acids is 1. The predicted molar refractivity (Wildman–Crippen MR) is 127 cm³/mol. The lowest BCUT2D eigenvalue weighted by molar-refractivity contribution is -0.223. The van der Waals surface area contributed by atoms with Crippen LogP contribution >= 0.6 is 0 Å². The van der Waals surface area contributed by atoms with Crippen LogP contribution in [0.1, 0.15) is 86.5 Å². The maximum atomic E-state index is 13.3. The van der Waals surface area contributed by atoms with Gasteiger partial charge in [-0.1, -0.05) is 53.7 Å². The highest BCUT2D eigenvalue weighted by Gasteiger charge is 2.71. The number of hydrogen-bond acceptors (Lipinski definition) is 4. The molecule has 4 rings (SSSR count). The van der Waals surface area contributed by atoms with Gasteiger partial charge in [0.1, 0.15) is 5.60 Å². The second-order valence-electron chi connectivity index (χ2n) is 12.5. The zero-order valence-electron chi connectivity index (χ0n) is 20.9. The molecule has 0 saturated heterocycles. The number of aliphatic hydroxyl groups excluding tert-OH is 1. The van der Waals surface area contributed by atoms with Crippen molar-refractivity contribution in [3.63, 3.8) is 0 Å². The first-order valence-corrected chi connectivity index (χ1v) is 12.9. The molecule has 0 aromatic heterocycles. The number of ketones is 1. The monoisotopic (exact) mass is 444 g/mol. The smallest absolute Gasteiger partial charge is 0.188 e. The van der Waals surface area contributed by atoms with Gasteiger partial charge in [-0.2, -0.15) is 0 Å². The van der Waals surface area contributed by atoms with Gasteiger partial charge in [-0.3, -0.25) is 4.79 Å². The molecule has 0 spiro atoms. The third-order valence-electron chi connectivity index (χ3n) is 10.7. The minimum absolute atomic E-state index is 0.0227. The van der Waals surface area contributed by atoms with E-state index in [1.54, 1.807) is 6.08 Å². The van der Waals surface area contributed by atoms with Gasteiger partial charge in [0.05, 0.1) is 11.7 Å². The summed E-state index contributed by atoms with van der Waals surface area (Å²) in [5.41, 5.74) is -2.90. The van der Waals surface area contributed by atoms with Crippen molar-refractivity contribution in [1.82, 2.24) is 0 Å². The Kier molecular flexibility index (Phi) is 5.88. The van der Waals surface area contributed by atoms with Gasteiger partial charge >= 0.3 is 0 Å². The van der Waals surface area contributed by atoms with Crippen LogP contribution < -0.4 is 0 Å². The van der Waals surface area contributed by atoms with E-state index in [4.69, 9.17) is 0 Å². The van der Waals surface area contributed by atoms with Crippen molar-refractivity contribution in [2.75, 3.05) is 0 Å². The van der Waals surface area contributed by atoms with Crippen molar-refractivity contribution >= 4 is 5.78 Å². The Hall–Kier alpha value is -0.970. The summed E-state index contributed by atoms with van der Waals surface area (Å²) < 4.78 is 0. The zero-order chi connectivity index (χ0) is 23.7. The third kappa shape index (κ3) is 3.15. The molecule has 180 valence electrons. The summed E-state index contributed by atoms with van der Waals surface area (Å²) in [6, 6.07) is 0. The van der Waals surface area contributed by atoms with Gasteiger partial charge in [-0.25, -0.2) is 0 Å². The summed E-state index contributed by atoms with van der Waals surface area (Å²) in [5, 5.41) is 33.9. The highest BCUT2D eigenvalue weighted by Crippen LogP contribution is 2.68. The minimum atomic E-state index is -1.68. The fraction of sp³-hybridized carbons (Fsp3) is 0.821. The first-order chi connectivity index (χ1) is 14.8. The molecule has 3 fully saturated rings. The average Bonchev–Trinajstić information content (AvgIpc) is 3.07. The first kappa shape index (κ1) is 24.2. The molecule has 3 saturated carbocycles. The molecule has 0 bridgehead atoms. The van der Waals surface area contributed by atoms with Crippen LogP contribution in [-0.2, 0) is 4.79 Å². The standard InChI is InChI=1S/C28H44O4/c1-17(2)18(3)7-8-19(4)21-9-10-22-23-15-24(30)28(32)16-20(29)11-12-26(28,6)27(23,31)14-13-25(21,22)5/h7-8,15,17-22,29,31-32H,9-14,16H2,1-6H3/b8-7-. The molecule has 4 nitrogen and oxygen atoms in total. The Morgan fingerprint density at radius 2 is 1.66 bits per heavy atom. The maximum absolute atomic E-state index is 13.3. The van der Waals surface area contributed by atoms with E-state index >= 15 is 0 Å². The summed E-state index contributed by atoms with van der Waals surface area (Å²) in [7, 11) is 0. The van der Waals surface area contributed by atoms with Gasteiger partial charge in [0.2, 0.25) is 0 Å². The fourth-order valence-corrected chi connectivity index (χ4v) is 7.91. The molecule has 0 aromatic rings. The van der Waals surface area contributed by atoms with E-state index in [2.05, 4.69) is 46.8 Å². The van der Waals surface area contributed by atoms with Gasteiger partial charge in [0.25, 0.3) is 0 Å². The molecule has 0 amide bonds. The van der Waals surface area contributed by atoms with Crippen molar-refractivity contribution < 1.29 is 20.1 Å². The molecule has 3 N–H and O–H groups in total. The molecule has 9 atom stereocenters. The lowest BCUT2D eigenvalue weighted by Crippen LogP contribution is -2.71. The van der Waals surface area contributed by atoms with E-state index in [9.17, 15) is 20.1 Å². The van der Waals surface area contributed by atoms with Crippen LogP contribution in [0.5, 0.6) is 0 Å². The Bertz CT molecular complexity index is 829. The van der Waals surface area contributed by atoms with Gasteiger partial charge in [0.15, 0.2) is 5.78 Å². The van der Waals surface area contributed by atoms with Crippen molar-refractivity contribution in [2.24, 2.45) is 40.4 Å². The average molecular weight is 445 g/mol. The predicted octanol–water partition coefficient (Wildman–Crippen LogP) is 4.82. The lowest BCUT2D eigenvalue weighted by atomic mass is 9.43. The van der Waals surface area contributed by atoms with Crippen LogP contribution in [0.2, 0.25) is 0 Å². The minimum Gasteiger partial charge on any atom is -0.393 e. The summed E-state index contributed by atoms with van der Waals surface area (Å²) >= 11 is 0. The van der Waals surface area contributed by atoms with E-state index in [0.717, 1.165) is 24.8 Å². The van der Waals surface area contributed by atoms with Crippen molar-refractivity contribution in [3.05, 3.63) is 23.8 Å². The van der Waals surface area contributed by atoms with Crippen molar-refractivity contribution in [2.45, 2.75) is 104 Å². The molecule has 0 aliphatic heterocycles. The van der Waals surface area contributed by atoms with E-state index in [1.165, 1.54) is 0 Å². The van der Waals surface area contributed by atoms with Gasteiger partial charge in [0, 0.05) is 11.8 Å². The van der Waals surface area contributed by atoms with E-state index < -0.39 is 22.7 Å². The number of carbonyl (C=O) groups is 1. The molecule has 0 aromatic carbocycles. The largest absolute Gasteiger partial charge is 0.393 e. The van der Waals surface area contributed by atoms with Crippen molar-refractivity contribution in [1.29, 1.82) is 0 Å². The van der Waals surface area contributed by atoms with Crippen molar-refractivity contribution in [3.8, 4) is 0 Å². The van der Waals surface area contributed by atoms with Gasteiger partial charge in [-0.05, 0) is 85.2 Å². The molecule has 4 aliphatic rings. The zero-order valence-corrected chi connectivity index (χ0v) is 20.9. The lowest BCUT2D eigenvalue weighted by Gasteiger charge is -2.63. The quantitative estimate of drug-likeness (QED) is 0.543. The number of fused-ring (bicyclic) bond motifs is 5.